The minimum atomic E-state index is -0.819. The van der Waals surface area contributed by atoms with Crippen molar-refractivity contribution in [2.75, 3.05) is 37.6 Å². The Morgan fingerprint density at radius 1 is 1.21 bits per heavy atom. The molecular formula is C21H27ClN4O3. The van der Waals surface area contributed by atoms with E-state index in [0.29, 0.717) is 37.6 Å². The molecule has 1 aromatic rings. The van der Waals surface area contributed by atoms with Gasteiger partial charge < -0.3 is 15.1 Å². The summed E-state index contributed by atoms with van der Waals surface area (Å²) in [6.07, 6.45) is 3.56. The summed E-state index contributed by atoms with van der Waals surface area (Å²) < 4.78 is 0. The second kappa shape index (κ2) is 7.86. The largest absolute Gasteiger partial charge is 0.368 e. The maximum Gasteiger partial charge on any atom is 0.325 e. The highest BCUT2D eigenvalue weighted by Gasteiger charge is 2.55. The zero-order valence-electron chi connectivity index (χ0n) is 16.7. The smallest absolute Gasteiger partial charge is 0.325 e. The van der Waals surface area contributed by atoms with Crippen molar-refractivity contribution in [3.63, 3.8) is 0 Å². The maximum atomic E-state index is 13.0. The molecule has 1 saturated carbocycles. The molecular weight excluding hydrogens is 392 g/mol. The first-order valence-corrected chi connectivity index (χ1v) is 10.7. The highest BCUT2D eigenvalue weighted by atomic mass is 35.5. The molecule has 2 heterocycles. The molecule has 4 amide bonds. The van der Waals surface area contributed by atoms with Crippen LogP contribution in [0.2, 0.25) is 5.02 Å². The van der Waals surface area contributed by atoms with Crippen LogP contribution in [0.5, 0.6) is 0 Å². The monoisotopic (exact) mass is 418 g/mol. The third-order valence-corrected chi connectivity index (χ3v) is 6.84. The van der Waals surface area contributed by atoms with Gasteiger partial charge >= 0.3 is 6.03 Å². The standard InChI is InChI=1S/C21H27ClN4O3/c1-15-5-2-3-8-21(15)19(28)26(20(29)23-21)14-18(27)25-11-9-24(10-12-25)17-7-4-6-16(22)13-17/h4,6-7,13,15H,2-3,5,8-12,14H2,1H3,(H,23,29)/t15-,21+/m0/s1. The van der Waals surface area contributed by atoms with Crippen molar-refractivity contribution in [1.82, 2.24) is 15.1 Å². The summed E-state index contributed by atoms with van der Waals surface area (Å²) in [5.74, 6) is -0.325. The lowest BCUT2D eigenvalue weighted by molar-refractivity contribution is -0.140. The van der Waals surface area contributed by atoms with Crippen molar-refractivity contribution in [3.8, 4) is 0 Å². The van der Waals surface area contributed by atoms with Gasteiger partial charge in [0.05, 0.1) is 0 Å². The second-order valence-corrected chi connectivity index (χ2v) is 8.72. The molecule has 2 aliphatic heterocycles. The van der Waals surface area contributed by atoms with Crippen molar-refractivity contribution in [1.29, 1.82) is 0 Å². The van der Waals surface area contributed by atoms with Crippen LogP contribution >= 0.6 is 11.6 Å². The van der Waals surface area contributed by atoms with Crippen molar-refractivity contribution in [3.05, 3.63) is 29.3 Å². The minimum absolute atomic E-state index is 0.0917. The van der Waals surface area contributed by atoms with Gasteiger partial charge in [0.25, 0.3) is 5.91 Å². The Labute approximate surface area is 176 Å². The van der Waals surface area contributed by atoms with E-state index in [1.54, 1.807) is 4.90 Å². The average molecular weight is 419 g/mol. The number of rotatable bonds is 3. The first-order valence-electron chi connectivity index (χ1n) is 10.3. The van der Waals surface area contributed by atoms with Gasteiger partial charge in [0.2, 0.25) is 5.91 Å². The number of hydrogen-bond donors (Lipinski definition) is 1. The quantitative estimate of drug-likeness (QED) is 0.765. The van der Waals surface area contributed by atoms with E-state index in [0.717, 1.165) is 29.8 Å². The van der Waals surface area contributed by atoms with E-state index in [2.05, 4.69) is 10.2 Å². The predicted octanol–water partition coefficient (Wildman–Crippen LogP) is 2.49. The lowest BCUT2D eigenvalue weighted by Gasteiger charge is -2.37. The summed E-state index contributed by atoms with van der Waals surface area (Å²) in [4.78, 5) is 43.4. The molecule has 0 radical (unpaired) electrons. The molecule has 1 spiro atoms. The van der Waals surface area contributed by atoms with Crippen LogP contribution in [-0.2, 0) is 9.59 Å². The number of imide groups is 1. The van der Waals surface area contributed by atoms with Crippen molar-refractivity contribution in [2.45, 2.75) is 38.1 Å². The number of halogens is 1. The van der Waals surface area contributed by atoms with Gasteiger partial charge in [0.15, 0.2) is 0 Å². The molecule has 1 aliphatic carbocycles. The summed E-state index contributed by atoms with van der Waals surface area (Å²) in [6.45, 7) is 4.31. The first-order chi connectivity index (χ1) is 13.9. The molecule has 0 bridgehead atoms. The Morgan fingerprint density at radius 3 is 2.66 bits per heavy atom. The topological polar surface area (TPSA) is 73.0 Å². The zero-order valence-corrected chi connectivity index (χ0v) is 17.5. The fourth-order valence-electron chi connectivity index (χ4n) is 4.76. The van der Waals surface area contributed by atoms with Crippen LogP contribution in [0, 0.1) is 5.92 Å². The molecule has 3 aliphatic rings. The molecule has 2 saturated heterocycles. The van der Waals surface area contributed by atoms with Crippen LogP contribution < -0.4 is 10.2 Å². The van der Waals surface area contributed by atoms with E-state index in [4.69, 9.17) is 11.6 Å². The number of hydrogen-bond acceptors (Lipinski definition) is 4. The number of carbonyl (C=O) groups is 3. The normalized spacial score (nSPS) is 27.5. The SMILES string of the molecule is C[C@H]1CCCC[C@@]12NC(=O)N(CC(=O)N1CCN(c3cccc(Cl)c3)CC1)C2=O. The van der Waals surface area contributed by atoms with E-state index in [-0.39, 0.29) is 24.3 Å². The molecule has 0 aromatic heterocycles. The van der Waals surface area contributed by atoms with Crippen LogP contribution in [-0.4, -0.2) is 65.9 Å². The first kappa shape index (κ1) is 20.0. The lowest BCUT2D eigenvalue weighted by Crippen LogP contribution is -2.55. The van der Waals surface area contributed by atoms with E-state index >= 15 is 0 Å². The number of carbonyl (C=O) groups excluding carboxylic acids is 3. The van der Waals surface area contributed by atoms with Crippen LogP contribution in [0.4, 0.5) is 10.5 Å². The van der Waals surface area contributed by atoms with E-state index in [1.165, 1.54) is 0 Å². The summed E-state index contributed by atoms with van der Waals surface area (Å²) >= 11 is 6.07. The van der Waals surface area contributed by atoms with Gasteiger partial charge in [0, 0.05) is 36.9 Å². The molecule has 8 heteroatoms. The van der Waals surface area contributed by atoms with Gasteiger partial charge in [-0.15, -0.1) is 0 Å². The van der Waals surface area contributed by atoms with Crippen molar-refractivity contribution < 1.29 is 14.4 Å². The number of nitrogens with zero attached hydrogens (tertiary/aromatic N) is 3. The molecule has 3 fully saturated rings. The summed E-state index contributed by atoms with van der Waals surface area (Å²) in [7, 11) is 0. The molecule has 4 rings (SSSR count). The molecule has 1 N–H and O–H groups in total. The van der Waals surface area contributed by atoms with Gasteiger partial charge in [0.1, 0.15) is 12.1 Å². The molecule has 2 atom stereocenters. The number of nitrogens with one attached hydrogen (secondary N) is 1. The maximum absolute atomic E-state index is 13.0. The molecule has 0 unspecified atom stereocenters. The number of urea groups is 1. The van der Waals surface area contributed by atoms with Gasteiger partial charge in [-0.05, 0) is 37.0 Å². The highest BCUT2D eigenvalue weighted by molar-refractivity contribution is 6.30. The summed E-state index contributed by atoms with van der Waals surface area (Å²) in [5, 5.41) is 3.59. The molecule has 7 nitrogen and oxygen atoms in total. The Morgan fingerprint density at radius 2 is 1.97 bits per heavy atom. The van der Waals surface area contributed by atoms with Crippen LogP contribution in [0.25, 0.3) is 0 Å². The van der Waals surface area contributed by atoms with E-state index in [1.807, 2.05) is 31.2 Å². The number of piperazine rings is 1. The highest BCUT2D eigenvalue weighted by Crippen LogP contribution is 2.38. The minimum Gasteiger partial charge on any atom is -0.368 e. The van der Waals surface area contributed by atoms with Gasteiger partial charge in [-0.25, -0.2) is 4.79 Å². The summed E-state index contributed by atoms with van der Waals surface area (Å²) in [5.41, 5.74) is 0.216. The van der Waals surface area contributed by atoms with Gasteiger partial charge in [-0.1, -0.05) is 37.4 Å². The van der Waals surface area contributed by atoms with Crippen molar-refractivity contribution >= 4 is 35.1 Å². The van der Waals surface area contributed by atoms with E-state index in [9.17, 15) is 14.4 Å². The summed E-state index contributed by atoms with van der Waals surface area (Å²) in [6, 6.07) is 7.23. The van der Waals surface area contributed by atoms with Crippen LogP contribution in [0.1, 0.15) is 32.6 Å². The fourth-order valence-corrected chi connectivity index (χ4v) is 4.95. The predicted molar refractivity (Wildman–Crippen MR) is 111 cm³/mol. The van der Waals surface area contributed by atoms with E-state index < -0.39 is 11.6 Å². The Balaban J connectivity index is 1.36. The Kier molecular flexibility index (Phi) is 5.42. The van der Waals surface area contributed by atoms with Crippen molar-refractivity contribution in [2.24, 2.45) is 5.92 Å². The molecule has 156 valence electrons. The average Bonchev–Trinajstić information content (AvgIpc) is 2.95. The van der Waals surface area contributed by atoms with Crippen LogP contribution in [0.15, 0.2) is 24.3 Å². The van der Waals surface area contributed by atoms with Gasteiger partial charge in [-0.3, -0.25) is 14.5 Å². The second-order valence-electron chi connectivity index (χ2n) is 8.29. The Bertz CT molecular complexity index is 824. The van der Waals surface area contributed by atoms with Crippen LogP contribution in [0.3, 0.4) is 0 Å². The zero-order chi connectivity index (χ0) is 20.6. The molecule has 1 aromatic carbocycles. The number of anilines is 1. The lowest BCUT2D eigenvalue weighted by atomic mass is 9.73. The molecule has 29 heavy (non-hydrogen) atoms. The third kappa shape index (κ3) is 3.68. The third-order valence-electron chi connectivity index (χ3n) is 6.60. The number of benzene rings is 1. The fraction of sp³-hybridized carbons (Fsp3) is 0.571. The Hall–Kier alpha value is -2.28. The number of amides is 4. The van der Waals surface area contributed by atoms with Gasteiger partial charge in [-0.2, -0.15) is 0 Å².